The highest BCUT2D eigenvalue weighted by atomic mass is 16.5. The van der Waals surface area contributed by atoms with Crippen LogP contribution in [0.1, 0.15) is 44.2 Å². The van der Waals surface area contributed by atoms with E-state index in [9.17, 15) is 14.7 Å². The van der Waals surface area contributed by atoms with E-state index in [0.29, 0.717) is 31.0 Å². The Morgan fingerprint density at radius 2 is 1.81 bits per heavy atom. The number of carboxylic acids is 1. The standard InChI is InChI=1S/C20H28N2O4/c1-2-26-17-8-4-3-7-16(17)18(20(24)25)21-13-9-15(10-14-21)19(23)22-11-5-6-12-22/h3-4,7-8,15,18H,2,5-6,9-14H2,1H3,(H,24,25). The summed E-state index contributed by atoms with van der Waals surface area (Å²) in [6, 6.07) is 6.61. The molecule has 1 aromatic carbocycles. The fourth-order valence-corrected chi connectivity index (χ4v) is 4.08. The highest BCUT2D eigenvalue weighted by Gasteiger charge is 2.36. The molecule has 0 aliphatic carbocycles. The fraction of sp³-hybridized carbons (Fsp3) is 0.600. The summed E-state index contributed by atoms with van der Waals surface area (Å²) < 4.78 is 5.64. The highest BCUT2D eigenvalue weighted by molar-refractivity contribution is 5.79. The lowest BCUT2D eigenvalue weighted by Crippen LogP contribution is -2.44. The lowest BCUT2D eigenvalue weighted by molar-refractivity contribution is -0.145. The van der Waals surface area contributed by atoms with Crippen LogP contribution in [-0.4, -0.2) is 59.6 Å². The van der Waals surface area contributed by atoms with Crippen LogP contribution in [0.3, 0.4) is 0 Å². The van der Waals surface area contributed by atoms with Gasteiger partial charge in [-0.25, -0.2) is 0 Å². The van der Waals surface area contributed by atoms with Gasteiger partial charge in [0, 0.05) is 37.7 Å². The number of carbonyl (C=O) groups is 2. The minimum atomic E-state index is -0.874. The summed E-state index contributed by atoms with van der Waals surface area (Å²) in [4.78, 5) is 28.5. The molecule has 0 aromatic heterocycles. The van der Waals surface area contributed by atoms with E-state index in [2.05, 4.69) is 0 Å². The topological polar surface area (TPSA) is 70.1 Å². The zero-order valence-corrected chi connectivity index (χ0v) is 15.4. The quantitative estimate of drug-likeness (QED) is 0.844. The molecule has 1 amide bonds. The number of amides is 1. The van der Waals surface area contributed by atoms with Gasteiger partial charge in [-0.15, -0.1) is 0 Å². The number of ether oxygens (including phenoxy) is 1. The molecule has 6 heteroatoms. The first-order chi connectivity index (χ1) is 12.6. The predicted molar refractivity (Wildman–Crippen MR) is 98.1 cm³/mol. The molecule has 1 atom stereocenters. The van der Waals surface area contributed by atoms with Gasteiger partial charge in [0.2, 0.25) is 5.91 Å². The van der Waals surface area contributed by atoms with Crippen molar-refractivity contribution in [2.75, 3.05) is 32.8 Å². The van der Waals surface area contributed by atoms with Gasteiger partial charge in [-0.05, 0) is 38.7 Å². The van der Waals surface area contributed by atoms with Gasteiger partial charge < -0.3 is 14.7 Å². The molecule has 3 rings (SSSR count). The van der Waals surface area contributed by atoms with Crippen LogP contribution in [0.4, 0.5) is 0 Å². The average Bonchev–Trinajstić information content (AvgIpc) is 3.18. The lowest BCUT2D eigenvalue weighted by atomic mass is 9.92. The second-order valence-electron chi connectivity index (χ2n) is 7.05. The molecule has 142 valence electrons. The van der Waals surface area contributed by atoms with Crippen LogP contribution in [0.5, 0.6) is 5.75 Å². The summed E-state index contributed by atoms with van der Waals surface area (Å²) in [6.07, 6.45) is 3.63. The van der Waals surface area contributed by atoms with Crippen molar-refractivity contribution in [2.45, 2.75) is 38.6 Å². The average molecular weight is 360 g/mol. The van der Waals surface area contributed by atoms with E-state index >= 15 is 0 Å². The van der Waals surface area contributed by atoms with E-state index in [1.54, 1.807) is 0 Å². The van der Waals surface area contributed by atoms with Gasteiger partial charge in [-0.3, -0.25) is 14.5 Å². The number of likely N-dealkylation sites (tertiary alicyclic amines) is 2. The molecule has 1 unspecified atom stereocenters. The predicted octanol–water partition coefficient (Wildman–Crippen LogP) is 2.55. The summed E-state index contributed by atoms with van der Waals surface area (Å²) in [6.45, 7) is 5.36. The van der Waals surface area contributed by atoms with Crippen LogP contribution >= 0.6 is 0 Å². The number of piperidine rings is 1. The molecule has 2 heterocycles. The summed E-state index contributed by atoms with van der Waals surface area (Å²) in [5.74, 6) is 0.0313. The molecule has 2 aliphatic heterocycles. The van der Waals surface area contributed by atoms with Crippen molar-refractivity contribution in [2.24, 2.45) is 5.92 Å². The SMILES string of the molecule is CCOc1ccccc1C(C(=O)O)N1CCC(C(=O)N2CCCC2)CC1. The number of rotatable bonds is 6. The maximum Gasteiger partial charge on any atom is 0.325 e. The number of carboxylic acid groups (broad SMARTS) is 1. The molecule has 6 nitrogen and oxygen atoms in total. The third-order valence-corrected chi connectivity index (χ3v) is 5.41. The monoisotopic (exact) mass is 360 g/mol. The molecule has 1 aromatic rings. The summed E-state index contributed by atoms with van der Waals surface area (Å²) >= 11 is 0. The van der Waals surface area contributed by atoms with Crippen LogP contribution in [0.15, 0.2) is 24.3 Å². The molecular weight excluding hydrogens is 332 g/mol. The maximum atomic E-state index is 12.6. The van der Waals surface area contributed by atoms with E-state index in [4.69, 9.17) is 4.74 Å². The van der Waals surface area contributed by atoms with Gasteiger partial charge in [0.15, 0.2) is 0 Å². The highest BCUT2D eigenvalue weighted by Crippen LogP contribution is 2.33. The number of aliphatic carboxylic acids is 1. The summed E-state index contributed by atoms with van der Waals surface area (Å²) in [5, 5.41) is 9.85. The molecule has 2 saturated heterocycles. The van der Waals surface area contributed by atoms with E-state index in [1.807, 2.05) is 41.0 Å². The van der Waals surface area contributed by atoms with E-state index in [1.165, 1.54) is 0 Å². The van der Waals surface area contributed by atoms with Crippen molar-refractivity contribution in [3.05, 3.63) is 29.8 Å². The number of hydrogen-bond donors (Lipinski definition) is 1. The van der Waals surface area contributed by atoms with Gasteiger partial charge >= 0.3 is 5.97 Å². The van der Waals surface area contributed by atoms with Gasteiger partial charge in [-0.2, -0.15) is 0 Å². The molecule has 2 aliphatic rings. The van der Waals surface area contributed by atoms with Gasteiger partial charge in [0.25, 0.3) is 0 Å². The molecule has 0 spiro atoms. The van der Waals surface area contributed by atoms with Crippen molar-refractivity contribution in [3.63, 3.8) is 0 Å². The Bertz CT molecular complexity index is 634. The van der Waals surface area contributed by atoms with Gasteiger partial charge in [-0.1, -0.05) is 18.2 Å². The first-order valence-electron chi connectivity index (χ1n) is 9.59. The molecule has 2 fully saturated rings. The van der Waals surface area contributed by atoms with Crippen molar-refractivity contribution in [1.82, 2.24) is 9.80 Å². The second-order valence-corrected chi connectivity index (χ2v) is 7.05. The number of carbonyl (C=O) groups excluding carboxylic acids is 1. The normalized spacial score (nSPS) is 20.1. The number of benzene rings is 1. The van der Waals surface area contributed by atoms with Gasteiger partial charge in [0.05, 0.1) is 6.61 Å². The van der Waals surface area contributed by atoms with E-state index in [0.717, 1.165) is 38.8 Å². The molecule has 0 radical (unpaired) electrons. The molecule has 0 bridgehead atoms. The Hall–Kier alpha value is -2.08. The fourth-order valence-electron chi connectivity index (χ4n) is 4.08. The van der Waals surface area contributed by atoms with Crippen LogP contribution in [0.2, 0.25) is 0 Å². The number of hydrogen-bond acceptors (Lipinski definition) is 4. The van der Waals surface area contributed by atoms with E-state index < -0.39 is 12.0 Å². The van der Waals surface area contributed by atoms with Crippen LogP contribution in [-0.2, 0) is 9.59 Å². The Morgan fingerprint density at radius 3 is 2.42 bits per heavy atom. The Kier molecular flexibility index (Phi) is 6.14. The van der Waals surface area contributed by atoms with Crippen LogP contribution in [0.25, 0.3) is 0 Å². The molecule has 0 saturated carbocycles. The van der Waals surface area contributed by atoms with Crippen LogP contribution in [0, 0.1) is 5.92 Å². The van der Waals surface area contributed by atoms with Crippen LogP contribution < -0.4 is 4.74 Å². The lowest BCUT2D eigenvalue weighted by Gasteiger charge is -2.36. The zero-order valence-electron chi connectivity index (χ0n) is 15.4. The van der Waals surface area contributed by atoms with E-state index in [-0.39, 0.29) is 11.8 Å². The minimum absolute atomic E-state index is 0.0286. The van der Waals surface area contributed by atoms with Crippen molar-refractivity contribution in [1.29, 1.82) is 0 Å². The van der Waals surface area contributed by atoms with Crippen molar-refractivity contribution >= 4 is 11.9 Å². The minimum Gasteiger partial charge on any atom is -0.494 e. The smallest absolute Gasteiger partial charge is 0.325 e. The number of para-hydroxylation sites is 1. The first-order valence-corrected chi connectivity index (χ1v) is 9.59. The van der Waals surface area contributed by atoms with Crippen molar-refractivity contribution in [3.8, 4) is 5.75 Å². The first kappa shape index (κ1) is 18.7. The Balaban J connectivity index is 1.69. The second kappa shape index (κ2) is 8.54. The Morgan fingerprint density at radius 1 is 1.15 bits per heavy atom. The third kappa shape index (κ3) is 4.01. The zero-order chi connectivity index (χ0) is 18.5. The molecule has 1 N–H and O–H groups in total. The summed E-state index contributed by atoms with van der Waals surface area (Å²) in [5.41, 5.74) is 0.686. The third-order valence-electron chi connectivity index (χ3n) is 5.41. The van der Waals surface area contributed by atoms with Gasteiger partial charge in [0.1, 0.15) is 11.8 Å². The molecular formula is C20H28N2O4. The maximum absolute atomic E-state index is 12.6. The largest absolute Gasteiger partial charge is 0.494 e. The molecule has 26 heavy (non-hydrogen) atoms. The summed E-state index contributed by atoms with van der Waals surface area (Å²) in [7, 11) is 0. The Labute approximate surface area is 154 Å². The number of nitrogens with zero attached hydrogens (tertiary/aromatic N) is 2. The van der Waals surface area contributed by atoms with Crippen molar-refractivity contribution < 1.29 is 19.4 Å².